The van der Waals surface area contributed by atoms with E-state index in [2.05, 4.69) is 6.08 Å². The van der Waals surface area contributed by atoms with Gasteiger partial charge in [0.15, 0.2) is 11.6 Å². The van der Waals surface area contributed by atoms with Gasteiger partial charge in [-0.25, -0.2) is 13.2 Å². The molecule has 0 N–H and O–H groups in total. The van der Waals surface area contributed by atoms with E-state index in [1.54, 1.807) is 31.2 Å². The molecular weight excluding hydrogens is 333 g/mol. The summed E-state index contributed by atoms with van der Waals surface area (Å²) in [6.07, 6.45) is 8.15. The molecule has 138 valence electrons. The molecule has 0 atom stereocenters. The van der Waals surface area contributed by atoms with E-state index < -0.39 is 11.6 Å². The Morgan fingerprint density at radius 3 is 2.35 bits per heavy atom. The van der Waals surface area contributed by atoms with Crippen LogP contribution in [0.3, 0.4) is 0 Å². The molecule has 0 saturated heterocycles. The van der Waals surface area contributed by atoms with Crippen molar-refractivity contribution >= 4 is 6.08 Å². The number of halogens is 3. The molecule has 26 heavy (non-hydrogen) atoms. The Labute approximate surface area is 153 Å². The fraction of sp³-hybridized carbons (Fsp3) is 0.391. The highest BCUT2D eigenvalue weighted by Crippen LogP contribution is 2.38. The fourth-order valence-corrected chi connectivity index (χ4v) is 3.78. The molecule has 3 rings (SSSR count). The molecule has 0 bridgehead atoms. The summed E-state index contributed by atoms with van der Waals surface area (Å²) in [5.74, 6) is -1.06. The number of hydrogen-bond donors (Lipinski definition) is 0. The molecule has 1 aliphatic carbocycles. The number of aryl methyl sites for hydroxylation is 2. The summed E-state index contributed by atoms with van der Waals surface area (Å²) >= 11 is 0. The molecule has 1 aliphatic rings. The summed E-state index contributed by atoms with van der Waals surface area (Å²) in [4.78, 5) is 0. The zero-order chi connectivity index (χ0) is 18.7. The van der Waals surface area contributed by atoms with Gasteiger partial charge >= 0.3 is 0 Å². The minimum absolute atomic E-state index is 0.0804. The van der Waals surface area contributed by atoms with Gasteiger partial charge in [-0.3, -0.25) is 0 Å². The maximum absolute atomic E-state index is 14.3. The summed E-state index contributed by atoms with van der Waals surface area (Å²) in [6, 6.07) is 8.71. The lowest BCUT2D eigenvalue weighted by Crippen LogP contribution is -2.14. The molecule has 2 aromatic rings. The van der Waals surface area contributed by atoms with Gasteiger partial charge in [-0.1, -0.05) is 43.3 Å². The first-order chi connectivity index (χ1) is 12.5. The topological polar surface area (TPSA) is 0 Å². The number of rotatable bonds is 4. The van der Waals surface area contributed by atoms with Gasteiger partial charge in [0.05, 0.1) is 0 Å². The minimum atomic E-state index is -0.687. The van der Waals surface area contributed by atoms with Crippen molar-refractivity contribution < 1.29 is 13.2 Å². The molecule has 0 spiro atoms. The van der Waals surface area contributed by atoms with Crippen LogP contribution in [0.5, 0.6) is 0 Å². The van der Waals surface area contributed by atoms with Crippen molar-refractivity contribution in [2.45, 2.75) is 51.9 Å². The summed E-state index contributed by atoms with van der Waals surface area (Å²) in [5, 5.41) is 0. The SMILES string of the molecule is CCc1ccc(C2CCC(C=Cc3ccc(C)c(F)c3)CC2)c(F)c1F. The van der Waals surface area contributed by atoms with Crippen LogP contribution in [-0.4, -0.2) is 0 Å². The standard InChI is InChI=1S/C23H25F3/c1-3-18-12-13-20(23(26)22(18)25)19-10-8-16(9-11-19)6-7-17-5-4-15(2)21(24)14-17/h4-7,12-14,16,19H,3,8-11H2,1-2H3. The van der Waals surface area contributed by atoms with Crippen LogP contribution in [0.15, 0.2) is 36.4 Å². The van der Waals surface area contributed by atoms with Crippen LogP contribution >= 0.6 is 0 Å². The van der Waals surface area contributed by atoms with Crippen molar-refractivity contribution in [3.8, 4) is 0 Å². The summed E-state index contributed by atoms with van der Waals surface area (Å²) in [5.41, 5.74) is 2.46. The molecule has 0 aliphatic heterocycles. The highest BCUT2D eigenvalue weighted by molar-refractivity contribution is 5.50. The number of benzene rings is 2. The molecule has 0 aromatic heterocycles. The van der Waals surface area contributed by atoms with Gasteiger partial charge < -0.3 is 0 Å². The van der Waals surface area contributed by atoms with Crippen molar-refractivity contribution in [3.05, 3.63) is 76.1 Å². The zero-order valence-electron chi connectivity index (χ0n) is 15.4. The molecule has 0 nitrogen and oxygen atoms in total. The van der Waals surface area contributed by atoms with Crippen molar-refractivity contribution in [2.24, 2.45) is 5.92 Å². The summed E-state index contributed by atoms with van der Waals surface area (Å²) in [7, 11) is 0. The highest BCUT2D eigenvalue weighted by atomic mass is 19.2. The molecule has 0 unspecified atom stereocenters. The largest absolute Gasteiger partial charge is 0.207 e. The van der Waals surface area contributed by atoms with Crippen LogP contribution in [0.25, 0.3) is 6.08 Å². The van der Waals surface area contributed by atoms with E-state index in [0.717, 1.165) is 31.2 Å². The van der Waals surface area contributed by atoms with E-state index in [0.29, 0.717) is 29.0 Å². The molecular formula is C23H25F3. The Bertz CT molecular complexity index is 799. The third-order valence-electron chi connectivity index (χ3n) is 5.54. The predicted molar refractivity (Wildman–Crippen MR) is 101 cm³/mol. The van der Waals surface area contributed by atoms with Crippen LogP contribution in [0.4, 0.5) is 13.2 Å². The lowest BCUT2D eigenvalue weighted by molar-refractivity contribution is 0.364. The monoisotopic (exact) mass is 358 g/mol. The van der Waals surface area contributed by atoms with Crippen LogP contribution in [0, 0.1) is 30.3 Å². The second kappa shape index (κ2) is 8.11. The average molecular weight is 358 g/mol. The smallest absolute Gasteiger partial charge is 0.162 e. The van der Waals surface area contributed by atoms with Crippen molar-refractivity contribution in [1.82, 2.24) is 0 Å². The third kappa shape index (κ3) is 4.03. The van der Waals surface area contributed by atoms with E-state index >= 15 is 0 Å². The van der Waals surface area contributed by atoms with Gasteiger partial charge in [-0.2, -0.15) is 0 Å². The van der Waals surface area contributed by atoms with Gasteiger partial charge in [-0.05, 0) is 79.2 Å². The minimum Gasteiger partial charge on any atom is -0.207 e. The first-order valence-electron chi connectivity index (χ1n) is 9.40. The molecule has 0 radical (unpaired) electrons. The normalized spacial score (nSPS) is 20.7. The Kier molecular flexibility index (Phi) is 5.85. The lowest BCUT2D eigenvalue weighted by atomic mass is 9.78. The molecule has 1 fully saturated rings. The second-order valence-corrected chi connectivity index (χ2v) is 7.27. The van der Waals surface area contributed by atoms with Crippen LogP contribution in [0.2, 0.25) is 0 Å². The quantitative estimate of drug-likeness (QED) is 0.554. The van der Waals surface area contributed by atoms with Gasteiger partial charge in [0.2, 0.25) is 0 Å². The highest BCUT2D eigenvalue weighted by Gasteiger charge is 2.25. The molecule has 1 saturated carbocycles. The maximum Gasteiger partial charge on any atom is 0.162 e. The lowest BCUT2D eigenvalue weighted by Gasteiger charge is -2.27. The van der Waals surface area contributed by atoms with Crippen molar-refractivity contribution in [1.29, 1.82) is 0 Å². The van der Waals surface area contributed by atoms with E-state index in [1.165, 1.54) is 0 Å². The second-order valence-electron chi connectivity index (χ2n) is 7.27. The van der Waals surface area contributed by atoms with Gasteiger partial charge in [0.1, 0.15) is 5.82 Å². The van der Waals surface area contributed by atoms with Crippen LogP contribution < -0.4 is 0 Å². The summed E-state index contributed by atoms with van der Waals surface area (Å²) < 4.78 is 42.0. The van der Waals surface area contributed by atoms with E-state index in [1.807, 2.05) is 19.1 Å². The Balaban J connectivity index is 1.63. The first-order valence-corrected chi connectivity index (χ1v) is 9.40. The Morgan fingerprint density at radius 2 is 1.69 bits per heavy atom. The van der Waals surface area contributed by atoms with Crippen molar-refractivity contribution in [2.75, 3.05) is 0 Å². The van der Waals surface area contributed by atoms with Gasteiger partial charge in [-0.15, -0.1) is 0 Å². The molecule has 0 heterocycles. The van der Waals surface area contributed by atoms with Crippen molar-refractivity contribution in [3.63, 3.8) is 0 Å². The zero-order valence-corrected chi connectivity index (χ0v) is 15.4. The molecule has 0 amide bonds. The first kappa shape index (κ1) is 18.8. The van der Waals surface area contributed by atoms with Crippen LogP contribution in [-0.2, 0) is 6.42 Å². The number of allylic oxidation sites excluding steroid dienone is 1. The van der Waals surface area contributed by atoms with Crippen LogP contribution in [0.1, 0.15) is 60.8 Å². The van der Waals surface area contributed by atoms with E-state index in [-0.39, 0.29) is 11.7 Å². The fourth-order valence-electron chi connectivity index (χ4n) is 3.78. The van der Waals surface area contributed by atoms with Gasteiger partial charge in [0, 0.05) is 0 Å². The van der Waals surface area contributed by atoms with E-state index in [4.69, 9.17) is 0 Å². The summed E-state index contributed by atoms with van der Waals surface area (Å²) in [6.45, 7) is 3.58. The van der Waals surface area contributed by atoms with E-state index in [9.17, 15) is 13.2 Å². The predicted octanol–water partition coefficient (Wildman–Crippen LogP) is 6.96. The maximum atomic E-state index is 14.3. The molecule has 3 heteroatoms. The Hall–Kier alpha value is -2.03. The Morgan fingerprint density at radius 1 is 0.962 bits per heavy atom. The third-order valence-corrected chi connectivity index (χ3v) is 5.54. The molecule has 2 aromatic carbocycles. The average Bonchev–Trinajstić information content (AvgIpc) is 2.65. The van der Waals surface area contributed by atoms with Gasteiger partial charge in [0.25, 0.3) is 0 Å². The number of hydrogen-bond acceptors (Lipinski definition) is 0.